The quantitative estimate of drug-likeness (QED) is 0.655. The number of hydrogen-bond donors (Lipinski definition) is 0. The minimum absolute atomic E-state index is 0.112. The van der Waals surface area contributed by atoms with Crippen LogP contribution in [0.4, 0.5) is 0 Å². The molecule has 0 N–H and O–H groups in total. The van der Waals surface area contributed by atoms with Crippen molar-refractivity contribution in [2.24, 2.45) is 0 Å². The third kappa shape index (κ3) is 1.69. The van der Waals surface area contributed by atoms with Gasteiger partial charge in [0, 0.05) is 16.8 Å². The fourth-order valence-corrected chi connectivity index (χ4v) is 6.21. The summed E-state index contributed by atoms with van der Waals surface area (Å²) in [7, 11) is 0. The normalized spacial score (nSPS) is 35.2. The molecule has 2 saturated heterocycles. The van der Waals surface area contributed by atoms with Gasteiger partial charge in [0.05, 0.1) is 6.61 Å². The molecule has 2 aliphatic heterocycles. The first-order valence-corrected chi connectivity index (χ1v) is 6.79. The summed E-state index contributed by atoms with van der Waals surface area (Å²) in [6.07, 6.45) is 1.24. The van der Waals surface area contributed by atoms with E-state index in [0.29, 0.717) is 0 Å². The predicted molar refractivity (Wildman–Crippen MR) is 55.3 cm³/mol. The third-order valence-corrected chi connectivity index (χ3v) is 7.07. The third-order valence-electron chi connectivity index (χ3n) is 1.85. The molecule has 64 valence electrons. The fraction of sp³-hybridized carbons (Fsp3) is 1.00. The van der Waals surface area contributed by atoms with Gasteiger partial charge in [0.15, 0.2) is 0 Å². The number of hydrogen-bond acceptors (Lipinski definition) is 4. The van der Waals surface area contributed by atoms with E-state index in [2.05, 4.69) is 6.92 Å². The van der Waals surface area contributed by atoms with Crippen molar-refractivity contribution in [1.82, 2.24) is 0 Å². The number of rotatable bonds is 1. The maximum absolute atomic E-state index is 5.79. The van der Waals surface area contributed by atoms with Crippen molar-refractivity contribution in [3.05, 3.63) is 0 Å². The molecule has 0 radical (unpaired) electrons. The fourth-order valence-electron chi connectivity index (χ4n) is 1.19. The zero-order chi connectivity index (χ0) is 7.73. The highest BCUT2D eigenvalue weighted by molar-refractivity contribution is 8.35. The Labute approximate surface area is 80.4 Å². The van der Waals surface area contributed by atoms with Gasteiger partial charge in [0.1, 0.15) is 0 Å². The Morgan fingerprint density at radius 3 is 2.73 bits per heavy atom. The van der Waals surface area contributed by atoms with Crippen LogP contribution in [-0.4, -0.2) is 27.0 Å². The largest absolute Gasteiger partial charge is 0.345 e. The van der Waals surface area contributed by atoms with Gasteiger partial charge in [-0.3, -0.25) is 0 Å². The van der Waals surface area contributed by atoms with Crippen LogP contribution in [0.15, 0.2) is 0 Å². The highest BCUT2D eigenvalue weighted by Crippen LogP contribution is 2.58. The summed E-state index contributed by atoms with van der Waals surface area (Å²) in [5.41, 5.74) is 0. The average molecular weight is 208 g/mol. The number of thioether (sulfide) groups is 3. The summed E-state index contributed by atoms with van der Waals surface area (Å²) in [5.74, 6) is 2.52. The molecule has 2 fully saturated rings. The summed E-state index contributed by atoms with van der Waals surface area (Å²) in [6.45, 7) is 3.20. The van der Waals surface area contributed by atoms with Crippen molar-refractivity contribution >= 4 is 35.3 Å². The van der Waals surface area contributed by atoms with Crippen LogP contribution in [0.3, 0.4) is 0 Å². The lowest BCUT2D eigenvalue weighted by Gasteiger charge is -2.18. The van der Waals surface area contributed by atoms with Crippen LogP contribution >= 0.6 is 35.3 Å². The molecule has 4 heteroatoms. The van der Waals surface area contributed by atoms with Crippen LogP contribution in [0.2, 0.25) is 0 Å². The van der Waals surface area contributed by atoms with E-state index in [1.54, 1.807) is 0 Å². The second-order valence-electron chi connectivity index (χ2n) is 2.66. The molecule has 0 aromatic rings. The molecule has 1 atom stereocenters. The van der Waals surface area contributed by atoms with Crippen LogP contribution in [0.25, 0.3) is 0 Å². The summed E-state index contributed by atoms with van der Waals surface area (Å²) in [6, 6.07) is 0. The molecule has 1 spiro atoms. The highest BCUT2D eigenvalue weighted by Gasteiger charge is 2.44. The van der Waals surface area contributed by atoms with E-state index in [0.717, 1.165) is 11.9 Å². The Morgan fingerprint density at radius 1 is 1.45 bits per heavy atom. The molecular weight excluding hydrogens is 196 g/mol. The van der Waals surface area contributed by atoms with Gasteiger partial charge >= 0.3 is 0 Å². The molecule has 0 amide bonds. The van der Waals surface area contributed by atoms with Crippen LogP contribution < -0.4 is 0 Å². The summed E-state index contributed by atoms with van der Waals surface area (Å²) in [4.78, 5) is 0. The second kappa shape index (κ2) is 3.40. The standard InChI is InChI=1S/C7H12OS3/c1-2-6-5-8-7(11-6)9-3-4-10-7/h6H,2-5H2,1H3. The van der Waals surface area contributed by atoms with Gasteiger partial charge in [-0.25, -0.2) is 0 Å². The van der Waals surface area contributed by atoms with Gasteiger partial charge in [-0.05, 0) is 6.42 Å². The Balaban J connectivity index is 1.96. The van der Waals surface area contributed by atoms with Crippen molar-refractivity contribution in [3.63, 3.8) is 0 Å². The van der Waals surface area contributed by atoms with Gasteiger partial charge < -0.3 is 4.74 Å². The first-order valence-electron chi connectivity index (χ1n) is 3.94. The highest BCUT2D eigenvalue weighted by atomic mass is 32.3. The Morgan fingerprint density at radius 2 is 2.18 bits per heavy atom. The molecule has 2 heterocycles. The van der Waals surface area contributed by atoms with E-state index in [-0.39, 0.29) is 3.60 Å². The minimum atomic E-state index is 0.112. The monoisotopic (exact) mass is 208 g/mol. The lowest BCUT2D eigenvalue weighted by molar-refractivity contribution is 0.165. The predicted octanol–water partition coefficient (Wildman–Crippen LogP) is 2.62. The van der Waals surface area contributed by atoms with Gasteiger partial charge in [0.2, 0.25) is 3.60 Å². The molecule has 2 rings (SSSR count). The second-order valence-corrected chi connectivity index (χ2v) is 7.45. The SMILES string of the molecule is CCC1COC2(SCCS2)S1. The minimum Gasteiger partial charge on any atom is -0.345 e. The smallest absolute Gasteiger partial charge is 0.209 e. The zero-order valence-corrected chi connectivity index (χ0v) is 8.99. The number of ether oxygens (including phenoxy) is 1. The first-order chi connectivity index (χ1) is 5.35. The van der Waals surface area contributed by atoms with E-state index in [1.807, 2.05) is 35.3 Å². The van der Waals surface area contributed by atoms with Gasteiger partial charge in [0.25, 0.3) is 0 Å². The molecule has 0 aromatic carbocycles. The van der Waals surface area contributed by atoms with Crippen LogP contribution in [0.1, 0.15) is 13.3 Å². The molecule has 11 heavy (non-hydrogen) atoms. The lowest BCUT2D eigenvalue weighted by atomic mass is 10.3. The summed E-state index contributed by atoms with van der Waals surface area (Å²) < 4.78 is 5.91. The van der Waals surface area contributed by atoms with E-state index in [9.17, 15) is 0 Å². The van der Waals surface area contributed by atoms with Crippen molar-refractivity contribution in [3.8, 4) is 0 Å². The lowest BCUT2D eigenvalue weighted by Crippen LogP contribution is -2.08. The topological polar surface area (TPSA) is 9.23 Å². The van der Waals surface area contributed by atoms with Crippen molar-refractivity contribution in [2.45, 2.75) is 22.2 Å². The van der Waals surface area contributed by atoms with E-state index in [1.165, 1.54) is 17.9 Å². The van der Waals surface area contributed by atoms with Gasteiger partial charge in [-0.2, -0.15) is 0 Å². The summed E-state index contributed by atoms with van der Waals surface area (Å²) in [5, 5.41) is 0.744. The first kappa shape index (κ1) is 8.60. The molecule has 0 aromatic heterocycles. The molecule has 1 nitrogen and oxygen atoms in total. The van der Waals surface area contributed by atoms with Gasteiger partial charge in [-0.1, -0.05) is 18.7 Å². The van der Waals surface area contributed by atoms with Crippen LogP contribution in [0, 0.1) is 0 Å². The summed E-state index contributed by atoms with van der Waals surface area (Å²) >= 11 is 5.97. The molecule has 0 aliphatic carbocycles. The van der Waals surface area contributed by atoms with Gasteiger partial charge in [-0.15, -0.1) is 23.5 Å². The Bertz CT molecular complexity index is 145. The van der Waals surface area contributed by atoms with E-state index < -0.39 is 0 Å². The van der Waals surface area contributed by atoms with Crippen LogP contribution in [-0.2, 0) is 4.74 Å². The van der Waals surface area contributed by atoms with Crippen LogP contribution in [0.5, 0.6) is 0 Å². The zero-order valence-electron chi connectivity index (χ0n) is 6.54. The average Bonchev–Trinajstić information content (AvgIpc) is 2.62. The molecular formula is C7H12OS3. The Kier molecular flexibility index (Phi) is 2.66. The molecule has 2 aliphatic rings. The van der Waals surface area contributed by atoms with E-state index in [4.69, 9.17) is 4.74 Å². The maximum Gasteiger partial charge on any atom is 0.209 e. The van der Waals surface area contributed by atoms with Crippen molar-refractivity contribution < 1.29 is 4.74 Å². The van der Waals surface area contributed by atoms with E-state index >= 15 is 0 Å². The van der Waals surface area contributed by atoms with Crippen molar-refractivity contribution in [1.29, 1.82) is 0 Å². The molecule has 0 bridgehead atoms. The molecule has 1 unspecified atom stereocenters. The Hall–Kier alpha value is 1.01. The maximum atomic E-state index is 5.79. The van der Waals surface area contributed by atoms with Crippen molar-refractivity contribution in [2.75, 3.05) is 18.1 Å². The molecule has 0 saturated carbocycles.